The molecule has 1 fully saturated rings. The van der Waals surface area contributed by atoms with Gasteiger partial charge in [0.2, 0.25) is 5.91 Å². The van der Waals surface area contributed by atoms with Gasteiger partial charge in [0.15, 0.2) is 0 Å². The van der Waals surface area contributed by atoms with E-state index in [9.17, 15) is 4.79 Å². The predicted octanol–water partition coefficient (Wildman–Crippen LogP) is 1.18. The number of amides is 1. The molecule has 0 spiro atoms. The molecular weight excluding hydrogens is 176 g/mol. The maximum atomic E-state index is 11.0. The van der Waals surface area contributed by atoms with Crippen molar-refractivity contribution in [2.75, 3.05) is 12.3 Å². The van der Waals surface area contributed by atoms with Gasteiger partial charge in [-0.2, -0.15) is 0 Å². The van der Waals surface area contributed by atoms with Gasteiger partial charge in [0.05, 0.1) is 0 Å². The molecule has 1 aliphatic rings. The van der Waals surface area contributed by atoms with Crippen molar-refractivity contribution in [3.63, 3.8) is 0 Å². The summed E-state index contributed by atoms with van der Waals surface area (Å²) in [5, 5.41) is 2.83. The summed E-state index contributed by atoms with van der Waals surface area (Å²) in [4.78, 5) is 11.0. The molecule has 1 heterocycles. The summed E-state index contributed by atoms with van der Waals surface area (Å²) in [6.07, 6.45) is 0.601. The molecule has 0 aromatic heterocycles. The van der Waals surface area contributed by atoms with Crippen molar-refractivity contribution >= 4 is 11.6 Å². The summed E-state index contributed by atoms with van der Waals surface area (Å²) in [5.41, 5.74) is 8.83. The van der Waals surface area contributed by atoms with Gasteiger partial charge in [0, 0.05) is 24.6 Å². The van der Waals surface area contributed by atoms with E-state index in [2.05, 4.69) is 11.4 Å². The van der Waals surface area contributed by atoms with Crippen LogP contribution in [-0.2, 0) is 4.79 Å². The van der Waals surface area contributed by atoms with Gasteiger partial charge in [-0.25, -0.2) is 0 Å². The van der Waals surface area contributed by atoms with Gasteiger partial charge in [-0.1, -0.05) is 12.1 Å². The Bertz CT molecular complexity index is 374. The zero-order valence-corrected chi connectivity index (χ0v) is 8.21. The minimum atomic E-state index is 0.143. The molecule has 0 bridgehead atoms. The molecule has 0 aliphatic carbocycles. The van der Waals surface area contributed by atoms with Crippen LogP contribution in [-0.4, -0.2) is 12.5 Å². The molecule has 1 aromatic rings. The number of rotatable bonds is 1. The highest BCUT2D eigenvalue weighted by atomic mass is 16.1. The first-order chi connectivity index (χ1) is 6.66. The van der Waals surface area contributed by atoms with E-state index in [1.54, 1.807) is 0 Å². The van der Waals surface area contributed by atoms with Gasteiger partial charge >= 0.3 is 0 Å². The van der Waals surface area contributed by atoms with E-state index in [-0.39, 0.29) is 5.91 Å². The maximum Gasteiger partial charge on any atom is 0.220 e. The molecule has 1 aromatic carbocycles. The standard InChI is InChI=1S/C11H14N2O/c1-7-4-8(2-3-10(7)12)9-5-11(14)13-6-9/h2-4,9H,5-6,12H2,1H3,(H,13,14)/t9-/m0/s1. The Kier molecular flexibility index (Phi) is 2.15. The summed E-state index contributed by atoms with van der Waals surface area (Å²) in [5.74, 6) is 0.464. The van der Waals surface area contributed by atoms with Crippen LogP contribution in [0.15, 0.2) is 18.2 Å². The molecule has 74 valence electrons. The number of benzene rings is 1. The second-order valence-electron chi connectivity index (χ2n) is 3.82. The lowest BCUT2D eigenvalue weighted by Gasteiger charge is -2.09. The maximum absolute atomic E-state index is 11.0. The largest absolute Gasteiger partial charge is 0.399 e. The first-order valence-electron chi connectivity index (χ1n) is 4.79. The van der Waals surface area contributed by atoms with Crippen LogP contribution in [0.4, 0.5) is 5.69 Å². The van der Waals surface area contributed by atoms with Crippen LogP contribution in [0, 0.1) is 6.92 Å². The van der Waals surface area contributed by atoms with E-state index >= 15 is 0 Å². The Hall–Kier alpha value is -1.51. The number of carbonyl (C=O) groups excluding carboxylic acids is 1. The molecule has 3 nitrogen and oxygen atoms in total. The van der Waals surface area contributed by atoms with Crippen molar-refractivity contribution in [1.82, 2.24) is 5.32 Å². The average molecular weight is 190 g/mol. The van der Waals surface area contributed by atoms with Crippen LogP contribution in [0.2, 0.25) is 0 Å². The van der Waals surface area contributed by atoms with Crippen molar-refractivity contribution in [3.8, 4) is 0 Å². The molecule has 1 aliphatic heterocycles. The van der Waals surface area contributed by atoms with Gasteiger partial charge in [0.25, 0.3) is 0 Å². The van der Waals surface area contributed by atoms with Crippen molar-refractivity contribution in [2.24, 2.45) is 0 Å². The van der Waals surface area contributed by atoms with Gasteiger partial charge in [-0.3, -0.25) is 4.79 Å². The molecule has 1 atom stereocenters. The van der Waals surface area contributed by atoms with E-state index in [0.29, 0.717) is 12.3 Å². The van der Waals surface area contributed by atoms with Gasteiger partial charge < -0.3 is 11.1 Å². The molecule has 0 radical (unpaired) electrons. The third kappa shape index (κ3) is 1.58. The number of nitrogen functional groups attached to an aromatic ring is 1. The highest BCUT2D eigenvalue weighted by Gasteiger charge is 2.22. The molecule has 14 heavy (non-hydrogen) atoms. The monoisotopic (exact) mass is 190 g/mol. The zero-order chi connectivity index (χ0) is 10.1. The van der Waals surface area contributed by atoms with Crippen LogP contribution in [0.5, 0.6) is 0 Å². The lowest BCUT2D eigenvalue weighted by molar-refractivity contribution is -0.119. The molecule has 0 unspecified atom stereocenters. The van der Waals surface area contributed by atoms with E-state index in [0.717, 1.165) is 17.8 Å². The molecule has 0 saturated carbocycles. The Labute approximate surface area is 83.3 Å². The average Bonchev–Trinajstić information content (AvgIpc) is 2.57. The fourth-order valence-corrected chi connectivity index (χ4v) is 1.79. The number of aryl methyl sites for hydroxylation is 1. The smallest absolute Gasteiger partial charge is 0.220 e. The van der Waals surface area contributed by atoms with Crippen LogP contribution in [0.1, 0.15) is 23.5 Å². The number of anilines is 1. The highest BCUT2D eigenvalue weighted by Crippen LogP contribution is 2.25. The van der Waals surface area contributed by atoms with Crippen LogP contribution >= 0.6 is 0 Å². The molecule has 3 heteroatoms. The van der Waals surface area contributed by atoms with E-state index < -0.39 is 0 Å². The number of nitrogens with two attached hydrogens (primary N) is 1. The Morgan fingerprint density at radius 1 is 1.50 bits per heavy atom. The van der Waals surface area contributed by atoms with E-state index in [4.69, 9.17) is 5.73 Å². The third-order valence-corrected chi connectivity index (χ3v) is 2.74. The van der Waals surface area contributed by atoms with Crippen molar-refractivity contribution in [1.29, 1.82) is 0 Å². The summed E-state index contributed by atoms with van der Waals surface area (Å²) in [6, 6.07) is 5.99. The fraction of sp³-hybridized carbons (Fsp3) is 0.364. The van der Waals surface area contributed by atoms with Crippen LogP contribution < -0.4 is 11.1 Å². The van der Waals surface area contributed by atoms with Crippen LogP contribution in [0.25, 0.3) is 0 Å². The lowest BCUT2D eigenvalue weighted by atomic mass is 9.96. The predicted molar refractivity (Wildman–Crippen MR) is 56.0 cm³/mol. The van der Waals surface area contributed by atoms with Crippen molar-refractivity contribution in [2.45, 2.75) is 19.3 Å². The normalized spacial score (nSPS) is 20.9. The minimum Gasteiger partial charge on any atom is -0.399 e. The first-order valence-corrected chi connectivity index (χ1v) is 4.79. The molecule has 3 N–H and O–H groups in total. The van der Waals surface area contributed by atoms with Gasteiger partial charge in [0.1, 0.15) is 0 Å². The molecule has 2 rings (SSSR count). The highest BCUT2D eigenvalue weighted by molar-refractivity contribution is 5.79. The molecule has 1 saturated heterocycles. The third-order valence-electron chi connectivity index (χ3n) is 2.74. The molecule has 1 amide bonds. The van der Waals surface area contributed by atoms with E-state index in [1.165, 1.54) is 5.56 Å². The summed E-state index contributed by atoms with van der Waals surface area (Å²) in [7, 11) is 0. The Morgan fingerprint density at radius 3 is 2.86 bits per heavy atom. The molecular formula is C11H14N2O. The Balaban J connectivity index is 2.24. The van der Waals surface area contributed by atoms with Crippen molar-refractivity contribution in [3.05, 3.63) is 29.3 Å². The van der Waals surface area contributed by atoms with Crippen molar-refractivity contribution < 1.29 is 4.79 Å². The second-order valence-corrected chi connectivity index (χ2v) is 3.82. The summed E-state index contributed by atoms with van der Waals surface area (Å²) in [6.45, 7) is 2.74. The number of hydrogen-bond acceptors (Lipinski definition) is 2. The van der Waals surface area contributed by atoms with E-state index in [1.807, 2.05) is 19.1 Å². The quantitative estimate of drug-likeness (QED) is 0.653. The Morgan fingerprint density at radius 2 is 2.29 bits per heavy atom. The van der Waals surface area contributed by atoms with Gasteiger partial charge in [-0.05, 0) is 24.1 Å². The van der Waals surface area contributed by atoms with Gasteiger partial charge in [-0.15, -0.1) is 0 Å². The number of carbonyl (C=O) groups is 1. The van der Waals surface area contributed by atoms with Crippen LogP contribution in [0.3, 0.4) is 0 Å². The first kappa shape index (κ1) is 9.06. The topological polar surface area (TPSA) is 55.1 Å². The number of hydrogen-bond donors (Lipinski definition) is 2. The second kappa shape index (κ2) is 3.33. The fourth-order valence-electron chi connectivity index (χ4n) is 1.79. The number of nitrogens with one attached hydrogen (secondary N) is 1. The summed E-state index contributed by atoms with van der Waals surface area (Å²) < 4.78 is 0. The zero-order valence-electron chi connectivity index (χ0n) is 8.21. The SMILES string of the molecule is Cc1cc([C@@H]2CNC(=O)C2)ccc1N. The minimum absolute atomic E-state index is 0.143. The lowest BCUT2D eigenvalue weighted by Crippen LogP contribution is -2.13. The summed E-state index contributed by atoms with van der Waals surface area (Å²) >= 11 is 0.